The summed E-state index contributed by atoms with van der Waals surface area (Å²) in [7, 11) is 0. The molecule has 102 valence electrons. The first-order valence-electron chi connectivity index (χ1n) is 6.95. The largest absolute Gasteiger partial charge is 0.477 e. The van der Waals surface area contributed by atoms with Gasteiger partial charge in [-0.05, 0) is 23.9 Å². The molecule has 0 radical (unpaired) electrons. The Morgan fingerprint density at radius 2 is 2.05 bits per heavy atom. The Kier molecular flexibility index (Phi) is 4.74. The number of benzene rings is 1. The number of fused-ring (bicyclic) bond motifs is 1. The fraction of sp³-hybridized carbons (Fsp3) is 0.438. The molecule has 1 aromatic carbocycles. The minimum absolute atomic E-state index is 0.452. The molecule has 0 saturated carbocycles. The molecule has 0 fully saturated rings. The van der Waals surface area contributed by atoms with E-state index in [0.29, 0.717) is 12.6 Å². The van der Waals surface area contributed by atoms with Gasteiger partial charge in [0.25, 0.3) is 0 Å². The van der Waals surface area contributed by atoms with E-state index in [9.17, 15) is 0 Å². The van der Waals surface area contributed by atoms with E-state index in [-0.39, 0.29) is 0 Å². The van der Waals surface area contributed by atoms with Crippen LogP contribution in [0.4, 0.5) is 0 Å². The molecule has 0 amide bonds. The van der Waals surface area contributed by atoms with Gasteiger partial charge in [0.2, 0.25) is 5.88 Å². The maximum atomic E-state index is 5.78. The number of pyridine rings is 1. The summed E-state index contributed by atoms with van der Waals surface area (Å²) < 4.78 is 5.78. The number of aromatic nitrogens is 1. The zero-order valence-electron chi connectivity index (χ0n) is 11.9. The summed E-state index contributed by atoms with van der Waals surface area (Å²) >= 11 is 0. The van der Waals surface area contributed by atoms with E-state index >= 15 is 0 Å². The van der Waals surface area contributed by atoms with Crippen LogP contribution in [0.3, 0.4) is 0 Å². The summed E-state index contributed by atoms with van der Waals surface area (Å²) in [5.41, 5.74) is 1.03. The molecule has 0 spiro atoms. The smallest absolute Gasteiger partial charge is 0.221 e. The van der Waals surface area contributed by atoms with Gasteiger partial charge in [-0.3, -0.25) is 0 Å². The maximum Gasteiger partial charge on any atom is 0.221 e. The predicted octanol–water partition coefficient (Wildman–Crippen LogP) is 3.52. The summed E-state index contributed by atoms with van der Waals surface area (Å²) in [6, 6.07) is 10.8. The second-order valence-corrected chi connectivity index (χ2v) is 5.02. The lowest BCUT2D eigenvalue weighted by Crippen LogP contribution is -2.22. The SMILES string of the molecule is CCCOc1nc(CNC(C)C)cc2ccccc12. The average molecular weight is 258 g/mol. The molecule has 2 rings (SSSR count). The number of nitrogens with zero attached hydrogens (tertiary/aromatic N) is 1. The van der Waals surface area contributed by atoms with Crippen LogP contribution in [0.1, 0.15) is 32.9 Å². The molecule has 0 aliphatic carbocycles. The van der Waals surface area contributed by atoms with Crippen LogP contribution in [0.15, 0.2) is 30.3 Å². The van der Waals surface area contributed by atoms with E-state index in [0.717, 1.165) is 29.9 Å². The van der Waals surface area contributed by atoms with Crippen LogP contribution in [-0.4, -0.2) is 17.6 Å². The topological polar surface area (TPSA) is 34.1 Å². The minimum atomic E-state index is 0.452. The average Bonchev–Trinajstić information content (AvgIpc) is 2.42. The minimum Gasteiger partial charge on any atom is -0.477 e. The van der Waals surface area contributed by atoms with Crippen LogP contribution >= 0.6 is 0 Å². The van der Waals surface area contributed by atoms with Crippen molar-refractivity contribution < 1.29 is 4.74 Å². The lowest BCUT2D eigenvalue weighted by atomic mass is 10.1. The van der Waals surface area contributed by atoms with Gasteiger partial charge in [-0.25, -0.2) is 4.98 Å². The number of nitrogens with one attached hydrogen (secondary N) is 1. The van der Waals surface area contributed by atoms with Gasteiger partial charge in [-0.1, -0.05) is 39.0 Å². The van der Waals surface area contributed by atoms with Crippen LogP contribution < -0.4 is 10.1 Å². The van der Waals surface area contributed by atoms with Crippen LogP contribution in [0.5, 0.6) is 5.88 Å². The zero-order valence-corrected chi connectivity index (χ0v) is 11.9. The third kappa shape index (κ3) is 3.67. The van der Waals surface area contributed by atoms with E-state index in [1.54, 1.807) is 0 Å². The van der Waals surface area contributed by atoms with Crippen LogP contribution in [0.2, 0.25) is 0 Å². The monoisotopic (exact) mass is 258 g/mol. The Labute approximate surface area is 115 Å². The van der Waals surface area contributed by atoms with E-state index in [2.05, 4.69) is 49.3 Å². The molecule has 0 atom stereocenters. The molecule has 0 aliphatic rings. The molecule has 1 aromatic heterocycles. The molecule has 1 heterocycles. The van der Waals surface area contributed by atoms with Crippen LogP contribution in [-0.2, 0) is 6.54 Å². The molecule has 19 heavy (non-hydrogen) atoms. The normalized spacial score (nSPS) is 11.2. The van der Waals surface area contributed by atoms with Crippen molar-refractivity contribution in [1.29, 1.82) is 0 Å². The Hall–Kier alpha value is -1.61. The molecule has 2 aromatic rings. The third-order valence-corrected chi connectivity index (χ3v) is 2.89. The lowest BCUT2D eigenvalue weighted by Gasteiger charge is -2.12. The fourth-order valence-corrected chi connectivity index (χ4v) is 1.93. The summed E-state index contributed by atoms with van der Waals surface area (Å²) in [5, 5.41) is 5.66. The van der Waals surface area contributed by atoms with Crippen molar-refractivity contribution in [2.45, 2.75) is 39.8 Å². The molecule has 0 bridgehead atoms. The summed E-state index contributed by atoms with van der Waals surface area (Å²) in [6.45, 7) is 7.85. The van der Waals surface area contributed by atoms with Gasteiger partial charge >= 0.3 is 0 Å². The highest BCUT2D eigenvalue weighted by molar-refractivity contribution is 5.87. The first-order valence-corrected chi connectivity index (χ1v) is 6.95. The summed E-state index contributed by atoms with van der Waals surface area (Å²) in [5.74, 6) is 0.750. The van der Waals surface area contributed by atoms with Gasteiger partial charge in [0.1, 0.15) is 0 Å². The number of rotatable bonds is 6. The van der Waals surface area contributed by atoms with Crippen molar-refractivity contribution in [1.82, 2.24) is 10.3 Å². The molecular formula is C16H22N2O. The Balaban J connectivity index is 2.32. The standard InChI is InChI=1S/C16H22N2O/c1-4-9-19-16-15-8-6-5-7-13(15)10-14(18-16)11-17-12(2)3/h5-8,10,12,17H,4,9,11H2,1-3H3. The first kappa shape index (κ1) is 13.8. The van der Waals surface area contributed by atoms with Gasteiger partial charge in [-0.15, -0.1) is 0 Å². The number of hydrogen-bond acceptors (Lipinski definition) is 3. The van der Waals surface area contributed by atoms with Crippen molar-refractivity contribution in [2.24, 2.45) is 0 Å². The highest BCUT2D eigenvalue weighted by Gasteiger charge is 2.07. The fourth-order valence-electron chi connectivity index (χ4n) is 1.93. The molecule has 0 saturated heterocycles. The lowest BCUT2D eigenvalue weighted by molar-refractivity contribution is 0.308. The number of ether oxygens (including phenoxy) is 1. The maximum absolute atomic E-state index is 5.78. The van der Waals surface area contributed by atoms with E-state index in [4.69, 9.17) is 4.74 Å². The van der Waals surface area contributed by atoms with Crippen molar-refractivity contribution in [2.75, 3.05) is 6.61 Å². The first-order chi connectivity index (χ1) is 9.20. The molecule has 3 nitrogen and oxygen atoms in total. The third-order valence-electron chi connectivity index (χ3n) is 2.89. The summed E-state index contributed by atoms with van der Waals surface area (Å²) in [6.07, 6.45) is 0.991. The molecular weight excluding hydrogens is 236 g/mol. The van der Waals surface area contributed by atoms with E-state index in [1.807, 2.05) is 12.1 Å². The Morgan fingerprint density at radius 3 is 2.79 bits per heavy atom. The van der Waals surface area contributed by atoms with E-state index < -0.39 is 0 Å². The second kappa shape index (κ2) is 6.53. The Morgan fingerprint density at radius 1 is 1.26 bits per heavy atom. The highest BCUT2D eigenvalue weighted by atomic mass is 16.5. The molecule has 3 heteroatoms. The highest BCUT2D eigenvalue weighted by Crippen LogP contribution is 2.24. The van der Waals surface area contributed by atoms with Gasteiger partial charge < -0.3 is 10.1 Å². The van der Waals surface area contributed by atoms with Crippen molar-refractivity contribution in [3.8, 4) is 5.88 Å². The predicted molar refractivity (Wildman–Crippen MR) is 79.5 cm³/mol. The molecule has 1 N–H and O–H groups in total. The van der Waals surface area contributed by atoms with Crippen molar-refractivity contribution >= 4 is 10.8 Å². The van der Waals surface area contributed by atoms with Gasteiger partial charge in [-0.2, -0.15) is 0 Å². The quantitative estimate of drug-likeness (QED) is 0.860. The van der Waals surface area contributed by atoms with Gasteiger partial charge in [0.15, 0.2) is 0 Å². The molecule has 0 aliphatic heterocycles. The van der Waals surface area contributed by atoms with Crippen molar-refractivity contribution in [3.63, 3.8) is 0 Å². The van der Waals surface area contributed by atoms with Crippen molar-refractivity contribution in [3.05, 3.63) is 36.0 Å². The van der Waals surface area contributed by atoms with E-state index in [1.165, 1.54) is 5.39 Å². The molecule has 0 unspecified atom stereocenters. The van der Waals surface area contributed by atoms with Crippen LogP contribution in [0.25, 0.3) is 10.8 Å². The van der Waals surface area contributed by atoms with Crippen LogP contribution in [0, 0.1) is 0 Å². The second-order valence-electron chi connectivity index (χ2n) is 5.02. The Bertz CT molecular complexity index is 537. The summed E-state index contributed by atoms with van der Waals surface area (Å²) in [4.78, 5) is 4.63. The number of hydrogen-bond donors (Lipinski definition) is 1. The van der Waals surface area contributed by atoms with Gasteiger partial charge in [0, 0.05) is 18.0 Å². The zero-order chi connectivity index (χ0) is 13.7. The van der Waals surface area contributed by atoms with Gasteiger partial charge in [0.05, 0.1) is 12.3 Å².